The van der Waals surface area contributed by atoms with Crippen molar-refractivity contribution in [2.24, 2.45) is 11.8 Å². The Morgan fingerprint density at radius 1 is 1.20 bits per heavy atom. The number of aromatic hydroxyl groups is 1. The van der Waals surface area contributed by atoms with Crippen molar-refractivity contribution in [3.8, 4) is 5.75 Å². The maximum absolute atomic E-state index is 14.1. The first-order chi connectivity index (χ1) is 21.5. The highest BCUT2D eigenvalue weighted by molar-refractivity contribution is 7.89. The number of hydrogen-bond donors (Lipinski definition) is 2. The van der Waals surface area contributed by atoms with Crippen molar-refractivity contribution in [1.82, 2.24) is 4.31 Å². The highest BCUT2D eigenvalue weighted by Crippen LogP contribution is 2.39. The van der Waals surface area contributed by atoms with E-state index < -0.39 is 11.4 Å². The number of amides is 1. The lowest BCUT2D eigenvalue weighted by atomic mass is 9.93. The Balaban J connectivity index is 1.60. The Kier molecular flexibility index (Phi) is 11.9. The molecule has 0 radical (unpaired) electrons. The van der Waals surface area contributed by atoms with E-state index in [9.17, 15) is 19.2 Å². The van der Waals surface area contributed by atoms with Crippen LogP contribution in [-0.2, 0) is 38.5 Å². The molecule has 2 atom stereocenters. The lowest BCUT2D eigenvalue weighted by Gasteiger charge is -2.33. The topological polar surface area (TPSA) is 105 Å². The fourth-order valence-electron chi connectivity index (χ4n) is 6.48. The zero-order valence-corrected chi connectivity index (χ0v) is 28.7. The minimum atomic E-state index is -1.47. The molecule has 1 saturated heterocycles. The normalized spacial score (nSPS) is 16.2. The van der Waals surface area contributed by atoms with Gasteiger partial charge in [0.2, 0.25) is 5.91 Å². The molecule has 2 unspecified atom stereocenters. The van der Waals surface area contributed by atoms with Crippen molar-refractivity contribution in [3.05, 3.63) is 58.1 Å². The van der Waals surface area contributed by atoms with E-state index in [-0.39, 0.29) is 18.2 Å². The van der Waals surface area contributed by atoms with Crippen molar-refractivity contribution in [2.45, 2.75) is 71.6 Å². The zero-order chi connectivity index (χ0) is 32.8. The lowest BCUT2D eigenvalue weighted by molar-refractivity contribution is -0.120. The largest absolute Gasteiger partial charge is 0.593 e. The fourth-order valence-corrected chi connectivity index (χ4v) is 8.15. The second kappa shape index (κ2) is 15.5. The monoisotopic (exact) mass is 635 g/mol. The predicted molar refractivity (Wildman–Crippen MR) is 184 cm³/mol. The van der Waals surface area contributed by atoms with Crippen molar-refractivity contribution in [2.75, 3.05) is 50.6 Å². The molecule has 3 aromatic carbocycles. The molecule has 0 aromatic heterocycles. The summed E-state index contributed by atoms with van der Waals surface area (Å²) in [6.45, 7) is 12.4. The summed E-state index contributed by atoms with van der Waals surface area (Å²) in [7, 11) is 3.72. The first-order valence-electron chi connectivity index (χ1n) is 16.0. The van der Waals surface area contributed by atoms with Crippen LogP contribution < -0.4 is 10.2 Å². The Hall–Kier alpha value is -3.11. The Labute approximate surface area is 271 Å². The number of ether oxygens (including phenoxy) is 1. The van der Waals surface area contributed by atoms with Crippen molar-refractivity contribution in [3.63, 3.8) is 0 Å². The van der Waals surface area contributed by atoms with Gasteiger partial charge in [-0.25, -0.2) is 0 Å². The van der Waals surface area contributed by atoms with Crippen LogP contribution >= 0.6 is 0 Å². The third-order valence-corrected chi connectivity index (χ3v) is 10.8. The number of carbonyl (C=O) groups excluding carboxylic acids is 2. The molecule has 1 aliphatic heterocycles. The highest BCUT2D eigenvalue weighted by Gasteiger charge is 2.36. The van der Waals surface area contributed by atoms with Gasteiger partial charge < -0.3 is 29.4 Å². The second-order valence-electron chi connectivity index (χ2n) is 12.7. The number of carbonyl (C=O) groups is 2. The number of rotatable bonds is 13. The van der Waals surface area contributed by atoms with Crippen molar-refractivity contribution in [1.29, 1.82) is 0 Å². The van der Waals surface area contributed by atoms with E-state index >= 15 is 0 Å². The third kappa shape index (κ3) is 7.65. The van der Waals surface area contributed by atoms with Crippen LogP contribution in [0.2, 0.25) is 0 Å². The number of aldehydes is 1. The molecule has 0 spiro atoms. The van der Waals surface area contributed by atoms with E-state index in [0.29, 0.717) is 49.9 Å². The number of nitrogens with one attached hydrogen (secondary N) is 1. The highest BCUT2D eigenvalue weighted by atomic mass is 32.2. The number of fused-ring (bicyclic) bond motifs is 1. The minimum Gasteiger partial charge on any atom is -0.593 e. The Bertz CT molecular complexity index is 1520. The molecule has 1 heterocycles. The number of hydrogen-bond acceptors (Lipinski definition) is 7. The van der Waals surface area contributed by atoms with E-state index in [1.165, 1.54) is 0 Å². The van der Waals surface area contributed by atoms with Gasteiger partial charge in [0, 0.05) is 79.1 Å². The molecule has 1 aliphatic rings. The predicted octanol–water partition coefficient (Wildman–Crippen LogP) is 6.26. The van der Waals surface area contributed by atoms with Crippen molar-refractivity contribution >= 4 is 45.7 Å². The van der Waals surface area contributed by atoms with Gasteiger partial charge in [0.25, 0.3) is 0 Å². The summed E-state index contributed by atoms with van der Waals surface area (Å²) in [5, 5.41) is 15.9. The molecule has 9 heteroatoms. The van der Waals surface area contributed by atoms with Gasteiger partial charge in [-0.1, -0.05) is 32.0 Å². The molecule has 2 N–H and O–H groups in total. The van der Waals surface area contributed by atoms with E-state index in [4.69, 9.17) is 4.74 Å². The van der Waals surface area contributed by atoms with Gasteiger partial charge in [0.15, 0.2) is 4.90 Å². The Morgan fingerprint density at radius 2 is 1.96 bits per heavy atom. The molecule has 1 fully saturated rings. The molecule has 3 aromatic rings. The second-order valence-corrected chi connectivity index (χ2v) is 14.1. The van der Waals surface area contributed by atoms with Crippen LogP contribution in [0.15, 0.2) is 35.2 Å². The van der Waals surface area contributed by atoms with Gasteiger partial charge in [-0.15, -0.1) is 4.31 Å². The summed E-state index contributed by atoms with van der Waals surface area (Å²) in [5.41, 5.74) is 5.96. The maximum Gasteiger partial charge on any atom is 0.228 e. The maximum atomic E-state index is 14.1. The molecule has 0 saturated carbocycles. The molecule has 244 valence electrons. The Morgan fingerprint density at radius 3 is 2.64 bits per heavy atom. The summed E-state index contributed by atoms with van der Waals surface area (Å²) in [4.78, 5) is 28.3. The fraction of sp³-hybridized carbons (Fsp3) is 0.500. The van der Waals surface area contributed by atoms with Crippen LogP contribution in [0.5, 0.6) is 5.75 Å². The van der Waals surface area contributed by atoms with Gasteiger partial charge >= 0.3 is 0 Å². The summed E-state index contributed by atoms with van der Waals surface area (Å²) in [6.07, 6.45) is 4.23. The molecule has 4 rings (SSSR count). The summed E-state index contributed by atoms with van der Waals surface area (Å²) in [6, 6.07) is 9.82. The van der Waals surface area contributed by atoms with Crippen LogP contribution in [-0.4, -0.2) is 66.6 Å². The number of phenolic OH excluding ortho intramolecular Hbond substituents is 1. The van der Waals surface area contributed by atoms with Gasteiger partial charge in [-0.3, -0.25) is 4.79 Å². The first-order valence-corrected chi connectivity index (χ1v) is 17.1. The SMILES string of the molecule is COCCCN(C)c1ccc(NC(=O)C2CCCN([S+]([O-])c3c(C)c(C)c(O)c(CC(C)C)c3C)C2)c2cccc(CC=O)c12. The molecular formula is C36H49N3O5S. The van der Waals surface area contributed by atoms with E-state index in [1.807, 2.05) is 62.5 Å². The lowest BCUT2D eigenvalue weighted by Crippen LogP contribution is -2.44. The van der Waals surface area contributed by atoms with Crippen LogP contribution in [0.4, 0.5) is 11.4 Å². The minimum absolute atomic E-state index is 0.101. The number of nitrogens with zero attached hydrogens (tertiary/aromatic N) is 2. The summed E-state index contributed by atoms with van der Waals surface area (Å²) < 4.78 is 21.3. The van der Waals surface area contributed by atoms with Crippen molar-refractivity contribution < 1.29 is 24.0 Å². The smallest absolute Gasteiger partial charge is 0.228 e. The van der Waals surface area contributed by atoms with E-state index in [2.05, 4.69) is 24.1 Å². The quantitative estimate of drug-likeness (QED) is 0.130. The molecule has 0 aliphatic carbocycles. The third-order valence-electron chi connectivity index (χ3n) is 9.03. The zero-order valence-electron chi connectivity index (χ0n) is 27.9. The molecule has 0 bridgehead atoms. The van der Waals surface area contributed by atoms with E-state index in [0.717, 1.165) is 74.8 Å². The first kappa shape index (κ1) is 34.8. The van der Waals surface area contributed by atoms with Gasteiger partial charge in [-0.05, 0) is 75.6 Å². The molecule has 1 amide bonds. The number of benzene rings is 3. The van der Waals surface area contributed by atoms with Crippen LogP contribution in [0.25, 0.3) is 10.8 Å². The number of methoxy groups -OCH3 is 1. The van der Waals surface area contributed by atoms with Crippen LogP contribution in [0.1, 0.15) is 60.9 Å². The molecular weight excluding hydrogens is 586 g/mol. The van der Waals surface area contributed by atoms with Gasteiger partial charge in [0.1, 0.15) is 12.0 Å². The average Bonchev–Trinajstić information content (AvgIpc) is 3.02. The number of anilines is 2. The average molecular weight is 636 g/mol. The summed E-state index contributed by atoms with van der Waals surface area (Å²) in [5.74, 6) is 0.208. The number of phenols is 1. The molecule has 45 heavy (non-hydrogen) atoms. The van der Waals surface area contributed by atoms with Crippen LogP contribution in [0.3, 0.4) is 0 Å². The van der Waals surface area contributed by atoms with Crippen LogP contribution in [0, 0.1) is 32.6 Å². The van der Waals surface area contributed by atoms with E-state index in [1.54, 1.807) is 7.11 Å². The standard InChI is InChI=1S/C36H49N3O5S/c1-23(2)21-30-26(5)35(25(4)24(3)34(30)41)45(43)39-18-9-12-28(22-39)36(42)37-31-14-15-32(38(6)17-10-20-44-7)33-27(16-19-40)11-8-13-29(31)33/h8,11,13-15,19,23,28,41H,9-10,12,16-18,20-22H2,1-7H3,(H,37,42). The van der Waals surface area contributed by atoms with Gasteiger partial charge in [-0.2, -0.15) is 0 Å². The summed E-state index contributed by atoms with van der Waals surface area (Å²) >= 11 is -1.47. The number of piperidine rings is 1. The molecule has 8 nitrogen and oxygen atoms in total. The van der Waals surface area contributed by atoms with Gasteiger partial charge in [0.05, 0.1) is 23.8 Å².